The Balaban J connectivity index is 1.51. The summed E-state index contributed by atoms with van der Waals surface area (Å²) in [6, 6.07) is 10.6. The summed E-state index contributed by atoms with van der Waals surface area (Å²) in [5.74, 6) is -4.58. The van der Waals surface area contributed by atoms with Gasteiger partial charge in [0.1, 0.15) is 5.82 Å². The molecule has 0 saturated carbocycles. The Morgan fingerprint density at radius 3 is 2.45 bits per heavy atom. The topological polar surface area (TPSA) is 95.6 Å². The van der Waals surface area contributed by atoms with Crippen LogP contribution in [0.2, 0.25) is 5.02 Å². The third kappa shape index (κ3) is 5.48. The molecule has 3 aromatic rings. The van der Waals surface area contributed by atoms with Crippen molar-refractivity contribution in [2.75, 3.05) is 23.0 Å². The monoisotopic (exact) mass is 565 g/mol. The number of halogens is 4. The number of sulfone groups is 1. The van der Waals surface area contributed by atoms with E-state index < -0.39 is 51.2 Å². The number of hydrogen-bond donors (Lipinski definition) is 2. The molecule has 1 saturated heterocycles. The van der Waals surface area contributed by atoms with E-state index in [9.17, 15) is 22.4 Å². The van der Waals surface area contributed by atoms with Crippen molar-refractivity contribution in [2.45, 2.75) is 24.3 Å². The van der Waals surface area contributed by atoms with Gasteiger partial charge >= 0.3 is 6.03 Å². The largest absolute Gasteiger partial charge is 0.337 e. The number of anilines is 2. The number of rotatable bonds is 6. The molecule has 0 bridgehead atoms. The van der Waals surface area contributed by atoms with Crippen molar-refractivity contribution in [3.05, 3.63) is 77.1 Å². The van der Waals surface area contributed by atoms with Crippen LogP contribution in [0.3, 0.4) is 0 Å². The summed E-state index contributed by atoms with van der Waals surface area (Å²) in [5, 5.41) is 4.98. The lowest BCUT2D eigenvalue weighted by atomic mass is 10.0. The number of hydrogen-bond acceptors (Lipinski definition) is 4. The molecule has 200 valence electrons. The maximum Gasteiger partial charge on any atom is 0.319 e. The van der Waals surface area contributed by atoms with Crippen molar-refractivity contribution in [1.29, 1.82) is 0 Å². The fourth-order valence-corrected chi connectivity index (χ4v) is 5.54. The Bertz CT molecular complexity index is 1530. The highest BCUT2D eigenvalue weighted by molar-refractivity contribution is 7.90. The predicted octanol–water partition coefficient (Wildman–Crippen LogP) is 5.39. The Morgan fingerprint density at radius 2 is 1.76 bits per heavy atom. The van der Waals surface area contributed by atoms with Crippen molar-refractivity contribution in [3.63, 3.8) is 0 Å². The zero-order chi connectivity index (χ0) is 27.8. The molecule has 1 aliphatic rings. The summed E-state index contributed by atoms with van der Waals surface area (Å²) in [4.78, 5) is 26.3. The van der Waals surface area contributed by atoms with Crippen LogP contribution in [-0.2, 0) is 14.6 Å². The van der Waals surface area contributed by atoms with Crippen LogP contribution in [0.4, 0.5) is 29.3 Å². The minimum Gasteiger partial charge on any atom is -0.337 e. The molecule has 0 radical (unpaired) electrons. The van der Waals surface area contributed by atoms with E-state index in [0.29, 0.717) is 0 Å². The number of nitrogens with one attached hydrogen (secondary N) is 2. The molecule has 12 heteroatoms. The number of carbonyl (C=O) groups is 2. The molecule has 0 spiro atoms. The van der Waals surface area contributed by atoms with Gasteiger partial charge in [-0.05, 0) is 49.7 Å². The second kappa shape index (κ2) is 10.7. The zero-order valence-electron chi connectivity index (χ0n) is 20.3. The number of nitrogens with zero attached hydrogens (tertiary/aromatic N) is 1. The lowest BCUT2D eigenvalue weighted by Crippen LogP contribution is -2.38. The number of urea groups is 1. The van der Waals surface area contributed by atoms with E-state index >= 15 is 8.78 Å². The summed E-state index contributed by atoms with van der Waals surface area (Å²) >= 11 is 5.70. The Hall–Kier alpha value is -3.57. The Labute approximate surface area is 222 Å². The third-order valence-corrected chi connectivity index (χ3v) is 7.63. The average Bonchev–Trinajstić information content (AvgIpc) is 3.13. The van der Waals surface area contributed by atoms with Gasteiger partial charge in [0.25, 0.3) is 0 Å². The van der Waals surface area contributed by atoms with Crippen LogP contribution in [0.5, 0.6) is 0 Å². The molecule has 1 fully saturated rings. The zero-order valence-corrected chi connectivity index (χ0v) is 21.8. The highest BCUT2D eigenvalue weighted by Gasteiger charge is 2.40. The van der Waals surface area contributed by atoms with Crippen molar-refractivity contribution in [1.82, 2.24) is 5.32 Å². The number of benzene rings is 3. The first-order valence-electron chi connectivity index (χ1n) is 11.5. The maximum atomic E-state index is 15.3. The second-order valence-corrected chi connectivity index (χ2v) is 11.4. The molecule has 7 nitrogen and oxygen atoms in total. The minimum absolute atomic E-state index is 0.00367. The highest BCUT2D eigenvalue weighted by Crippen LogP contribution is 2.37. The summed E-state index contributed by atoms with van der Waals surface area (Å²) < 4.78 is 68.7. The fourth-order valence-electron chi connectivity index (χ4n) is 4.48. The van der Waals surface area contributed by atoms with Crippen LogP contribution in [0.25, 0.3) is 11.1 Å². The molecule has 2 N–H and O–H groups in total. The lowest BCUT2D eigenvalue weighted by Gasteiger charge is -2.23. The molecule has 2 atom stereocenters. The molecule has 1 heterocycles. The van der Waals surface area contributed by atoms with Crippen molar-refractivity contribution >= 4 is 44.8 Å². The first-order valence-corrected chi connectivity index (χ1v) is 13.8. The average molecular weight is 566 g/mol. The molecular formula is C26H23ClF3N3O4S. The molecule has 0 aliphatic carbocycles. The van der Waals surface area contributed by atoms with Gasteiger partial charge < -0.3 is 15.5 Å². The summed E-state index contributed by atoms with van der Waals surface area (Å²) in [6.45, 7) is 1.54. The highest BCUT2D eigenvalue weighted by atomic mass is 35.5. The SMILES string of the molecule is CC1C[C@@H](CNC(=O)Nc2ccc(Cl)cc2F)C(=O)N1c1ccc(-c2ccccc2S(C)(=O)=O)c(F)c1F. The van der Waals surface area contributed by atoms with Gasteiger partial charge in [-0.3, -0.25) is 4.79 Å². The molecule has 1 unspecified atom stereocenters. The Kier molecular flexibility index (Phi) is 7.70. The van der Waals surface area contributed by atoms with Gasteiger partial charge in [0.2, 0.25) is 5.91 Å². The molecule has 3 amide bonds. The van der Waals surface area contributed by atoms with E-state index in [1.807, 2.05) is 0 Å². The van der Waals surface area contributed by atoms with Crippen LogP contribution in [0.15, 0.2) is 59.5 Å². The van der Waals surface area contributed by atoms with Gasteiger partial charge in [-0.25, -0.2) is 26.4 Å². The van der Waals surface area contributed by atoms with Crippen molar-refractivity contribution in [2.24, 2.45) is 5.92 Å². The van der Waals surface area contributed by atoms with Crippen LogP contribution in [-0.4, -0.2) is 39.2 Å². The van der Waals surface area contributed by atoms with Gasteiger partial charge in [0.05, 0.1) is 22.2 Å². The standard InChI is InChI=1S/C26H23ClF3N3O4S/c1-14-11-15(13-31-26(35)32-20-9-7-16(27)12-19(20)28)25(34)33(14)21-10-8-18(23(29)24(21)30)17-5-3-4-6-22(17)38(2,36)37/h3-10,12,14-15H,11,13H2,1-2H3,(H2,31,32,35)/t14?,15-/m0/s1. The maximum absolute atomic E-state index is 15.3. The van der Waals surface area contributed by atoms with E-state index in [1.54, 1.807) is 6.92 Å². The molecule has 3 aromatic carbocycles. The van der Waals surface area contributed by atoms with Crippen LogP contribution >= 0.6 is 11.6 Å². The van der Waals surface area contributed by atoms with Crippen LogP contribution in [0, 0.1) is 23.4 Å². The Morgan fingerprint density at radius 1 is 1.05 bits per heavy atom. The number of amides is 3. The van der Waals surface area contributed by atoms with Crippen LogP contribution < -0.4 is 15.5 Å². The van der Waals surface area contributed by atoms with E-state index in [0.717, 1.165) is 17.2 Å². The quantitative estimate of drug-likeness (QED) is 0.419. The van der Waals surface area contributed by atoms with Gasteiger partial charge in [-0.2, -0.15) is 0 Å². The van der Waals surface area contributed by atoms with Gasteiger partial charge in [-0.15, -0.1) is 0 Å². The van der Waals surface area contributed by atoms with E-state index in [2.05, 4.69) is 10.6 Å². The van der Waals surface area contributed by atoms with E-state index in [-0.39, 0.29) is 45.4 Å². The summed E-state index contributed by atoms with van der Waals surface area (Å²) in [6.07, 6.45) is 1.22. The van der Waals surface area contributed by atoms with Crippen LogP contribution in [0.1, 0.15) is 13.3 Å². The van der Waals surface area contributed by atoms with Gasteiger partial charge in [0.15, 0.2) is 21.5 Å². The molecule has 0 aromatic heterocycles. The second-order valence-electron chi connectivity index (χ2n) is 8.98. The lowest BCUT2D eigenvalue weighted by molar-refractivity contribution is -0.120. The van der Waals surface area contributed by atoms with Crippen molar-refractivity contribution < 1.29 is 31.2 Å². The number of carbonyl (C=O) groups excluding carboxylic acids is 2. The normalized spacial score (nSPS) is 17.5. The molecule has 38 heavy (non-hydrogen) atoms. The first kappa shape index (κ1) is 27.5. The first-order chi connectivity index (χ1) is 17.9. The van der Waals surface area contributed by atoms with Gasteiger partial charge in [0, 0.05) is 35.0 Å². The summed E-state index contributed by atoms with van der Waals surface area (Å²) in [5.41, 5.74) is -0.648. The molecule has 4 rings (SSSR count). The smallest absolute Gasteiger partial charge is 0.319 e. The minimum atomic E-state index is -3.72. The fraction of sp³-hybridized carbons (Fsp3) is 0.231. The van der Waals surface area contributed by atoms with Crippen molar-refractivity contribution in [3.8, 4) is 11.1 Å². The van der Waals surface area contributed by atoms with E-state index in [4.69, 9.17) is 11.6 Å². The third-order valence-electron chi connectivity index (χ3n) is 6.24. The van der Waals surface area contributed by atoms with E-state index in [1.165, 1.54) is 48.5 Å². The molecule has 1 aliphatic heterocycles. The predicted molar refractivity (Wildman–Crippen MR) is 138 cm³/mol. The summed E-state index contributed by atoms with van der Waals surface area (Å²) in [7, 11) is -3.72. The molecular weight excluding hydrogens is 543 g/mol. The van der Waals surface area contributed by atoms with Gasteiger partial charge in [-0.1, -0.05) is 29.8 Å².